The van der Waals surface area contributed by atoms with Crippen LogP contribution in [0.4, 0.5) is 30.2 Å². The third-order valence-corrected chi connectivity index (χ3v) is 4.38. The lowest BCUT2D eigenvalue weighted by Gasteiger charge is -2.14. The maximum Gasteiger partial charge on any atom is 0.416 e. The standard InChI is InChI=1S/C20H13Cl2F3N2O/c21-13-8-9-16(22)18(11-13)27-19(28)15-6-1-2-7-17(15)26-14-5-3-4-12(10-14)20(23,24)25/h1-11,26H,(H,27,28). The smallest absolute Gasteiger partial charge is 0.355 e. The fourth-order valence-corrected chi connectivity index (χ4v) is 2.84. The van der Waals surface area contributed by atoms with Crippen molar-refractivity contribution in [1.82, 2.24) is 0 Å². The van der Waals surface area contributed by atoms with Gasteiger partial charge < -0.3 is 10.6 Å². The fourth-order valence-electron chi connectivity index (χ4n) is 2.50. The summed E-state index contributed by atoms with van der Waals surface area (Å²) in [4.78, 5) is 12.7. The summed E-state index contributed by atoms with van der Waals surface area (Å²) in [5.74, 6) is -0.487. The van der Waals surface area contributed by atoms with Gasteiger partial charge in [-0.25, -0.2) is 0 Å². The van der Waals surface area contributed by atoms with Crippen molar-refractivity contribution in [3.63, 3.8) is 0 Å². The van der Waals surface area contributed by atoms with Crippen molar-refractivity contribution in [2.24, 2.45) is 0 Å². The van der Waals surface area contributed by atoms with Gasteiger partial charge in [0.15, 0.2) is 0 Å². The Kier molecular flexibility index (Phi) is 5.82. The highest BCUT2D eigenvalue weighted by Gasteiger charge is 2.30. The van der Waals surface area contributed by atoms with E-state index in [1.54, 1.807) is 36.4 Å². The van der Waals surface area contributed by atoms with E-state index >= 15 is 0 Å². The largest absolute Gasteiger partial charge is 0.416 e. The zero-order valence-electron chi connectivity index (χ0n) is 14.1. The number of carbonyl (C=O) groups is 1. The number of anilines is 3. The van der Waals surface area contributed by atoms with Gasteiger partial charge in [0.2, 0.25) is 0 Å². The van der Waals surface area contributed by atoms with Crippen molar-refractivity contribution in [3.05, 3.63) is 87.9 Å². The van der Waals surface area contributed by atoms with Crippen LogP contribution in [-0.2, 0) is 6.18 Å². The molecular weight excluding hydrogens is 412 g/mol. The molecule has 0 bridgehead atoms. The van der Waals surface area contributed by atoms with E-state index in [4.69, 9.17) is 23.2 Å². The molecule has 0 aliphatic rings. The van der Waals surface area contributed by atoms with E-state index in [1.807, 2.05) is 0 Å². The van der Waals surface area contributed by atoms with Crippen LogP contribution < -0.4 is 10.6 Å². The van der Waals surface area contributed by atoms with Crippen molar-refractivity contribution in [3.8, 4) is 0 Å². The van der Waals surface area contributed by atoms with Crippen molar-refractivity contribution in [2.45, 2.75) is 6.18 Å². The number of alkyl halides is 3. The average Bonchev–Trinajstić information content (AvgIpc) is 2.64. The third kappa shape index (κ3) is 4.77. The zero-order chi connectivity index (χ0) is 20.3. The first-order chi connectivity index (χ1) is 13.2. The van der Waals surface area contributed by atoms with E-state index in [0.29, 0.717) is 21.4 Å². The first kappa shape index (κ1) is 20.0. The number of carbonyl (C=O) groups excluding carboxylic acids is 1. The first-order valence-corrected chi connectivity index (χ1v) is 8.79. The van der Waals surface area contributed by atoms with Crippen LogP contribution in [0.3, 0.4) is 0 Å². The number of rotatable bonds is 4. The van der Waals surface area contributed by atoms with Crippen LogP contribution in [0.1, 0.15) is 15.9 Å². The number of amides is 1. The Morgan fingerprint density at radius 3 is 2.36 bits per heavy atom. The predicted octanol–water partition coefficient (Wildman–Crippen LogP) is 7.01. The number of para-hydroxylation sites is 1. The van der Waals surface area contributed by atoms with Gasteiger partial charge in [0, 0.05) is 10.7 Å². The highest BCUT2D eigenvalue weighted by atomic mass is 35.5. The van der Waals surface area contributed by atoms with Gasteiger partial charge in [-0.05, 0) is 48.5 Å². The van der Waals surface area contributed by atoms with E-state index in [1.165, 1.54) is 18.2 Å². The SMILES string of the molecule is O=C(Nc1cc(Cl)ccc1Cl)c1ccccc1Nc1cccc(C(F)(F)F)c1. The summed E-state index contributed by atoms with van der Waals surface area (Å²) in [5, 5.41) is 6.22. The van der Waals surface area contributed by atoms with E-state index < -0.39 is 17.6 Å². The van der Waals surface area contributed by atoms with Gasteiger partial charge in [-0.3, -0.25) is 4.79 Å². The molecule has 0 aromatic heterocycles. The molecule has 3 rings (SSSR count). The van der Waals surface area contributed by atoms with Crippen molar-refractivity contribution < 1.29 is 18.0 Å². The Morgan fingerprint density at radius 2 is 1.61 bits per heavy atom. The summed E-state index contributed by atoms with van der Waals surface area (Å²) in [6, 6.07) is 15.8. The molecule has 0 spiro atoms. The maximum absolute atomic E-state index is 12.9. The summed E-state index contributed by atoms with van der Waals surface area (Å²) in [6.07, 6.45) is -4.46. The fraction of sp³-hybridized carbons (Fsp3) is 0.0500. The second-order valence-electron chi connectivity index (χ2n) is 5.83. The third-order valence-electron chi connectivity index (χ3n) is 3.82. The molecule has 0 aliphatic carbocycles. The zero-order valence-corrected chi connectivity index (χ0v) is 15.7. The van der Waals surface area contributed by atoms with Crippen LogP contribution in [-0.4, -0.2) is 5.91 Å². The monoisotopic (exact) mass is 424 g/mol. The molecule has 0 unspecified atom stereocenters. The maximum atomic E-state index is 12.9. The van der Waals surface area contributed by atoms with E-state index in [0.717, 1.165) is 12.1 Å². The molecule has 0 atom stereocenters. The number of halogens is 5. The average molecular weight is 425 g/mol. The minimum absolute atomic E-state index is 0.205. The Labute approximate surface area is 169 Å². The Balaban J connectivity index is 1.87. The molecule has 2 N–H and O–H groups in total. The predicted molar refractivity (Wildman–Crippen MR) is 106 cm³/mol. The minimum Gasteiger partial charge on any atom is -0.355 e. The van der Waals surface area contributed by atoms with E-state index in [-0.39, 0.29) is 11.3 Å². The Bertz CT molecular complexity index is 1020. The molecule has 0 radical (unpaired) electrons. The molecule has 8 heteroatoms. The first-order valence-electron chi connectivity index (χ1n) is 8.04. The second kappa shape index (κ2) is 8.12. The van der Waals surface area contributed by atoms with Gasteiger partial charge in [-0.15, -0.1) is 0 Å². The summed E-state index contributed by atoms with van der Waals surface area (Å²) in [6.45, 7) is 0. The molecule has 0 aliphatic heterocycles. The topological polar surface area (TPSA) is 41.1 Å². The molecule has 1 amide bonds. The van der Waals surface area contributed by atoms with Gasteiger partial charge in [-0.2, -0.15) is 13.2 Å². The van der Waals surface area contributed by atoms with Gasteiger partial charge in [-0.1, -0.05) is 41.4 Å². The molecule has 0 saturated heterocycles. The summed E-state index contributed by atoms with van der Waals surface area (Å²) in [7, 11) is 0. The van der Waals surface area contributed by atoms with Crippen LogP contribution in [0, 0.1) is 0 Å². The van der Waals surface area contributed by atoms with Gasteiger partial charge in [0.05, 0.1) is 27.5 Å². The quantitative estimate of drug-likeness (QED) is 0.472. The van der Waals surface area contributed by atoms with E-state index in [9.17, 15) is 18.0 Å². The number of hydrogen-bond acceptors (Lipinski definition) is 2. The molecule has 0 saturated carbocycles. The Morgan fingerprint density at radius 1 is 0.857 bits per heavy atom. The highest BCUT2D eigenvalue weighted by molar-refractivity contribution is 6.36. The molecule has 0 heterocycles. The summed E-state index contributed by atoms with van der Waals surface area (Å²) < 4.78 is 38.7. The van der Waals surface area contributed by atoms with Crippen LogP contribution in [0.2, 0.25) is 10.0 Å². The molecular formula is C20H13Cl2F3N2O. The lowest BCUT2D eigenvalue weighted by Crippen LogP contribution is -2.14. The molecule has 0 fully saturated rings. The van der Waals surface area contributed by atoms with Crippen LogP contribution >= 0.6 is 23.2 Å². The molecule has 3 nitrogen and oxygen atoms in total. The van der Waals surface area contributed by atoms with Crippen LogP contribution in [0.5, 0.6) is 0 Å². The minimum atomic E-state index is -4.46. The van der Waals surface area contributed by atoms with Crippen LogP contribution in [0.15, 0.2) is 66.7 Å². The lowest BCUT2D eigenvalue weighted by atomic mass is 10.1. The number of hydrogen-bond donors (Lipinski definition) is 2. The van der Waals surface area contributed by atoms with Crippen LogP contribution in [0.25, 0.3) is 0 Å². The summed E-state index contributed by atoms with van der Waals surface area (Å²) in [5.41, 5.74) is 0.322. The van der Waals surface area contributed by atoms with Gasteiger partial charge >= 0.3 is 6.18 Å². The lowest BCUT2D eigenvalue weighted by molar-refractivity contribution is -0.137. The summed E-state index contributed by atoms with van der Waals surface area (Å²) >= 11 is 12.0. The Hall–Kier alpha value is -2.70. The molecule has 144 valence electrons. The van der Waals surface area contributed by atoms with Gasteiger partial charge in [0.25, 0.3) is 5.91 Å². The second-order valence-corrected chi connectivity index (χ2v) is 6.67. The van der Waals surface area contributed by atoms with Crippen molar-refractivity contribution in [2.75, 3.05) is 10.6 Å². The van der Waals surface area contributed by atoms with E-state index in [2.05, 4.69) is 10.6 Å². The van der Waals surface area contributed by atoms with Crippen molar-refractivity contribution in [1.29, 1.82) is 0 Å². The number of nitrogens with one attached hydrogen (secondary N) is 2. The number of benzene rings is 3. The normalized spacial score (nSPS) is 11.2. The molecule has 3 aromatic carbocycles. The van der Waals surface area contributed by atoms with Crippen molar-refractivity contribution >= 4 is 46.2 Å². The highest BCUT2D eigenvalue weighted by Crippen LogP contribution is 2.32. The molecule has 3 aromatic rings. The molecule has 28 heavy (non-hydrogen) atoms. The van der Waals surface area contributed by atoms with Gasteiger partial charge in [0.1, 0.15) is 0 Å².